The number of nitrogens with zero attached hydrogens (tertiary/aromatic N) is 3. The molecule has 0 bridgehead atoms. The first-order chi connectivity index (χ1) is 12.3. The third-order valence-corrected chi connectivity index (χ3v) is 5.25. The highest BCUT2D eigenvalue weighted by atomic mass is 32.2. The van der Waals surface area contributed by atoms with Crippen molar-refractivity contribution >= 4 is 21.9 Å². The fourth-order valence-corrected chi connectivity index (χ4v) is 3.31. The largest absolute Gasteiger partial charge is 0.450 e. The smallest absolute Gasteiger partial charge is 0.409 e. The number of ether oxygens (including phenoxy) is 1. The molecule has 1 N–H and O–H groups in total. The highest BCUT2D eigenvalue weighted by Crippen LogP contribution is 2.10. The van der Waals surface area contributed by atoms with E-state index in [2.05, 4.69) is 15.2 Å². The summed E-state index contributed by atoms with van der Waals surface area (Å²) in [5, 5.41) is 3.27. The number of carbonyl (C=O) groups is 1. The Morgan fingerprint density at radius 2 is 1.73 bits per heavy atom. The van der Waals surface area contributed by atoms with Crippen LogP contribution in [0.3, 0.4) is 0 Å². The number of benzene rings is 1. The van der Waals surface area contributed by atoms with Gasteiger partial charge in [0.05, 0.1) is 11.5 Å². The Bertz CT molecular complexity index is 739. The van der Waals surface area contributed by atoms with Crippen LogP contribution < -0.4 is 5.32 Å². The van der Waals surface area contributed by atoms with Gasteiger partial charge in [-0.3, -0.25) is 4.99 Å². The first-order valence-electron chi connectivity index (χ1n) is 8.51. The van der Waals surface area contributed by atoms with Crippen LogP contribution in [0.5, 0.6) is 0 Å². The predicted octanol–water partition coefficient (Wildman–Crippen LogP) is 0.940. The van der Waals surface area contributed by atoms with Gasteiger partial charge in [0.25, 0.3) is 0 Å². The van der Waals surface area contributed by atoms with Crippen molar-refractivity contribution in [3.8, 4) is 0 Å². The zero-order chi connectivity index (χ0) is 19.2. The maximum atomic E-state index is 11.7. The van der Waals surface area contributed by atoms with Crippen LogP contribution in [0.2, 0.25) is 0 Å². The van der Waals surface area contributed by atoms with Crippen molar-refractivity contribution < 1.29 is 17.9 Å². The van der Waals surface area contributed by atoms with Gasteiger partial charge in [0.2, 0.25) is 0 Å². The molecule has 1 heterocycles. The summed E-state index contributed by atoms with van der Waals surface area (Å²) in [6, 6.07) is 6.78. The number of sulfone groups is 1. The van der Waals surface area contributed by atoms with E-state index in [1.54, 1.807) is 43.1 Å². The number of hydrogen-bond donors (Lipinski definition) is 1. The van der Waals surface area contributed by atoms with Crippen molar-refractivity contribution in [3.05, 3.63) is 29.8 Å². The minimum atomic E-state index is -3.18. The monoisotopic (exact) mass is 382 g/mol. The van der Waals surface area contributed by atoms with Gasteiger partial charge < -0.3 is 19.9 Å². The van der Waals surface area contributed by atoms with Gasteiger partial charge in [0.1, 0.15) is 0 Å². The molecule has 1 aromatic carbocycles. The molecule has 144 valence electrons. The van der Waals surface area contributed by atoms with Crippen LogP contribution in [-0.4, -0.2) is 76.4 Å². The van der Waals surface area contributed by atoms with Gasteiger partial charge in [-0.2, -0.15) is 0 Å². The molecule has 0 unspecified atom stereocenters. The average Bonchev–Trinajstić information content (AvgIpc) is 2.62. The van der Waals surface area contributed by atoms with Crippen LogP contribution in [0.25, 0.3) is 0 Å². The fourth-order valence-electron chi connectivity index (χ4n) is 2.68. The molecule has 8 nitrogen and oxygen atoms in total. The minimum absolute atomic E-state index is 0.277. The van der Waals surface area contributed by atoms with Gasteiger partial charge in [0.15, 0.2) is 15.8 Å². The van der Waals surface area contributed by atoms with Gasteiger partial charge in [0, 0.05) is 46.0 Å². The van der Waals surface area contributed by atoms with Crippen LogP contribution in [0.4, 0.5) is 4.79 Å². The molecule has 0 saturated carbocycles. The highest BCUT2D eigenvalue weighted by molar-refractivity contribution is 7.90. The number of nitrogens with one attached hydrogen (secondary N) is 1. The summed E-state index contributed by atoms with van der Waals surface area (Å²) in [5.41, 5.74) is 0.962. The van der Waals surface area contributed by atoms with Crippen LogP contribution in [0.1, 0.15) is 12.5 Å². The third-order valence-electron chi connectivity index (χ3n) is 4.12. The lowest BCUT2D eigenvalue weighted by molar-refractivity contribution is 0.0914. The number of aliphatic imine (C=N–C) groups is 1. The number of piperazine rings is 1. The van der Waals surface area contributed by atoms with Crippen molar-refractivity contribution in [3.63, 3.8) is 0 Å². The normalized spacial score (nSPS) is 15.7. The van der Waals surface area contributed by atoms with E-state index in [-0.39, 0.29) is 6.09 Å². The molecule has 1 fully saturated rings. The molecule has 9 heteroatoms. The Balaban J connectivity index is 1.88. The molecular weight excluding hydrogens is 356 g/mol. The average molecular weight is 382 g/mol. The molecule has 26 heavy (non-hydrogen) atoms. The van der Waals surface area contributed by atoms with E-state index in [0.717, 1.165) is 11.5 Å². The van der Waals surface area contributed by atoms with Crippen LogP contribution in [-0.2, 0) is 21.1 Å². The predicted molar refractivity (Wildman–Crippen MR) is 99.9 cm³/mol. The van der Waals surface area contributed by atoms with E-state index in [4.69, 9.17) is 4.74 Å². The summed E-state index contributed by atoms with van der Waals surface area (Å²) in [6.45, 7) is 5.22. The number of amides is 1. The van der Waals surface area contributed by atoms with Crippen LogP contribution >= 0.6 is 0 Å². The van der Waals surface area contributed by atoms with Crippen molar-refractivity contribution in [2.75, 3.05) is 46.1 Å². The van der Waals surface area contributed by atoms with E-state index in [0.29, 0.717) is 44.2 Å². The van der Waals surface area contributed by atoms with Gasteiger partial charge in [-0.15, -0.1) is 0 Å². The molecule has 1 saturated heterocycles. The SMILES string of the molecule is CCOC(=O)N1CCN(C(=NC)NCc2ccc(S(C)(=O)=O)cc2)CC1. The second-order valence-electron chi connectivity index (χ2n) is 5.99. The van der Waals surface area contributed by atoms with Gasteiger partial charge in [-0.05, 0) is 24.6 Å². The molecule has 1 aliphatic rings. The lowest BCUT2D eigenvalue weighted by Crippen LogP contribution is -2.53. The second-order valence-corrected chi connectivity index (χ2v) is 8.01. The summed E-state index contributed by atoms with van der Waals surface area (Å²) >= 11 is 0. The Morgan fingerprint density at radius 3 is 2.23 bits per heavy atom. The topological polar surface area (TPSA) is 91.3 Å². The van der Waals surface area contributed by atoms with Crippen molar-refractivity contribution in [2.24, 2.45) is 4.99 Å². The molecule has 1 aromatic rings. The summed E-state index contributed by atoms with van der Waals surface area (Å²) < 4.78 is 28.0. The Morgan fingerprint density at radius 1 is 1.15 bits per heavy atom. The van der Waals surface area contributed by atoms with Crippen molar-refractivity contribution in [1.29, 1.82) is 0 Å². The molecule has 1 aliphatic heterocycles. The van der Waals surface area contributed by atoms with E-state index in [1.807, 2.05) is 0 Å². The fraction of sp³-hybridized carbons (Fsp3) is 0.529. The van der Waals surface area contributed by atoms with Crippen molar-refractivity contribution in [1.82, 2.24) is 15.1 Å². The molecule has 0 atom stereocenters. The molecule has 0 aliphatic carbocycles. The Hall–Kier alpha value is -2.29. The van der Waals surface area contributed by atoms with Crippen molar-refractivity contribution in [2.45, 2.75) is 18.4 Å². The lowest BCUT2D eigenvalue weighted by atomic mass is 10.2. The minimum Gasteiger partial charge on any atom is -0.450 e. The summed E-state index contributed by atoms with van der Waals surface area (Å²) in [6.07, 6.45) is 0.916. The zero-order valence-corrected chi connectivity index (χ0v) is 16.3. The standard InChI is InChI=1S/C17H26N4O4S/c1-4-25-17(22)21-11-9-20(10-12-21)16(18-2)19-13-14-5-7-15(8-6-14)26(3,23)24/h5-8H,4,9-13H2,1-3H3,(H,18,19). The lowest BCUT2D eigenvalue weighted by Gasteiger charge is -2.35. The number of guanidine groups is 1. The van der Waals surface area contributed by atoms with E-state index in [1.165, 1.54) is 6.26 Å². The molecule has 0 aromatic heterocycles. The summed E-state index contributed by atoms with van der Waals surface area (Å²) in [4.78, 5) is 20.1. The molecular formula is C17H26N4O4S. The van der Waals surface area contributed by atoms with E-state index >= 15 is 0 Å². The van der Waals surface area contributed by atoms with E-state index in [9.17, 15) is 13.2 Å². The first kappa shape index (κ1) is 20.0. The van der Waals surface area contributed by atoms with Gasteiger partial charge in [-0.25, -0.2) is 13.2 Å². The second kappa shape index (κ2) is 8.88. The van der Waals surface area contributed by atoms with Crippen LogP contribution in [0, 0.1) is 0 Å². The summed E-state index contributed by atoms with van der Waals surface area (Å²) in [5.74, 6) is 0.751. The van der Waals surface area contributed by atoms with Gasteiger partial charge >= 0.3 is 6.09 Å². The third kappa shape index (κ3) is 5.35. The Kier molecular flexibility index (Phi) is 6.84. The molecule has 1 amide bonds. The van der Waals surface area contributed by atoms with Crippen LogP contribution in [0.15, 0.2) is 34.2 Å². The first-order valence-corrected chi connectivity index (χ1v) is 10.4. The molecule has 0 spiro atoms. The maximum Gasteiger partial charge on any atom is 0.409 e. The Labute approximate surface area is 154 Å². The molecule has 0 radical (unpaired) electrons. The number of rotatable bonds is 4. The maximum absolute atomic E-state index is 11.7. The molecule has 2 rings (SSSR count). The van der Waals surface area contributed by atoms with Gasteiger partial charge in [-0.1, -0.05) is 12.1 Å². The zero-order valence-electron chi connectivity index (χ0n) is 15.4. The number of carbonyl (C=O) groups excluding carboxylic acids is 1. The quantitative estimate of drug-likeness (QED) is 0.616. The van der Waals surface area contributed by atoms with E-state index < -0.39 is 9.84 Å². The number of hydrogen-bond acceptors (Lipinski definition) is 5. The highest BCUT2D eigenvalue weighted by Gasteiger charge is 2.23. The summed E-state index contributed by atoms with van der Waals surface area (Å²) in [7, 11) is -1.47.